The summed E-state index contributed by atoms with van der Waals surface area (Å²) in [5, 5.41) is 3.90. The van der Waals surface area contributed by atoms with E-state index in [1.165, 1.54) is 6.07 Å². The molecule has 1 saturated carbocycles. The van der Waals surface area contributed by atoms with E-state index in [-0.39, 0.29) is 12.0 Å². The highest BCUT2D eigenvalue weighted by molar-refractivity contribution is 5.92. The van der Waals surface area contributed by atoms with Crippen LogP contribution in [0.5, 0.6) is 11.5 Å². The largest absolute Gasteiger partial charge is 0.487 e. The van der Waals surface area contributed by atoms with Crippen LogP contribution >= 0.6 is 0 Å². The average Bonchev–Trinajstić information content (AvgIpc) is 3.46. The van der Waals surface area contributed by atoms with Crippen LogP contribution in [0, 0.1) is 12.7 Å². The van der Waals surface area contributed by atoms with Crippen LogP contribution < -0.4 is 14.8 Å². The van der Waals surface area contributed by atoms with Gasteiger partial charge in [0.25, 0.3) is 5.92 Å². The van der Waals surface area contributed by atoms with Crippen molar-refractivity contribution in [3.05, 3.63) is 53.1 Å². The zero-order valence-electron chi connectivity index (χ0n) is 20.2. The molecule has 192 valence electrons. The van der Waals surface area contributed by atoms with Gasteiger partial charge in [0.15, 0.2) is 11.5 Å². The first-order valence-corrected chi connectivity index (χ1v) is 12.0. The lowest BCUT2D eigenvalue weighted by atomic mass is 10.0. The van der Waals surface area contributed by atoms with E-state index in [4.69, 9.17) is 18.9 Å². The highest BCUT2D eigenvalue weighted by atomic mass is 19.3. The molecule has 1 aliphatic carbocycles. The minimum Gasteiger partial charge on any atom is -0.487 e. The Hall–Kier alpha value is -3.11. The fourth-order valence-corrected chi connectivity index (χ4v) is 4.34. The van der Waals surface area contributed by atoms with Gasteiger partial charge in [0.2, 0.25) is 0 Å². The summed E-state index contributed by atoms with van der Waals surface area (Å²) >= 11 is 0. The van der Waals surface area contributed by atoms with Crippen molar-refractivity contribution >= 4 is 16.7 Å². The van der Waals surface area contributed by atoms with Gasteiger partial charge in [-0.3, -0.25) is 0 Å². The molecule has 7 nitrogen and oxygen atoms in total. The summed E-state index contributed by atoms with van der Waals surface area (Å²) in [6, 6.07) is 7.65. The summed E-state index contributed by atoms with van der Waals surface area (Å²) in [4.78, 5) is 9.07. The van der Waals surface area contributed by atoms with Crippen LogP contribution in [-0.4, -0.2) is 55.5 Å². The molecule has 0 bridgehead atoms. The van der Waals surface area contributed by atoms with Crippen molar-refractivity contribution in [2.75, 3.05) is 45.0 Å². The van der Waals surface area contributed by atoms with Crippen LogP contribution in [0.3, 0.4) is 0 Å². The lowest BCUT2D eigenvalue weighted by Gasteiger charge is -2.20. The average molecular weight is 504 g/mol. The maximum absolute atomic E-state index is 15.2. The summed E-state index contributed by atoms with van der Waals surface area (Å²) < 4.78 is 65.2. The molecule has 0 spiro atoms. The summed E-state index contributed by atoms with van der Waals surface area (Å²) in [6.07, 6.45) is -0.324. The molecular weight excluding hydrogens is 475 g/mol. The quantitative estimate of drug-likeness (QED) is 0.526. The molecule has 2 atom stereocenters. The smallest absolute Gasteiger partial charge is 0.256 e. The fourth-order valence-electron chi connectivity index (χ4n) is 4.34. The van der Waals surface area contributed by atoms with Gasteiger partial charge in [-0.2, -0.15) is 0 Å². The van der Waals surface area contributed by atoms with E-state index in [1.807, 2.05) is 0 Å². The van der Waals surface area contributed by atoms with Gasteiger partial charge in [-0.15, -0.1) is 0 Å². The summed E-state index contributed by atoms with van der Waals surface area (Å²) in [7, 11) is 0. The SMILES string of the molecule is Cc1nc(NC(C)c2cccc(C3CC3(F)F)c2F)c2cc3c(cc2n1)OCCOCCOCCO3. The third-order valence-electron chi connectivity index (χ3n) is 6.30. The van der Waals surface area contributed by atoms with E-state index >= 15 is 4.39 Å². The second-order valence-corrected chi connectivity index (χ2v) is 8.99. The molecule has 1 aliphatic heterocycles. The molecule has 36 heavy (non-hydrogen) atoms. The maximum Gasteiger partial charge on any atom is 0.256 e. The van der Waals surface area contributed by atoms with Crippen molar-refractivity contribution in [1.29, 1.82) is 0 Å². The van der Waals surface area contributed by atoms with Crippen molar-refractivity contribution in [2.24, 2.45) is 0 Å². The molecule has 2 aromatic carbocycles. The second-order valence-electron chi connectivity index (χ2n) is 8.99. The van der Waals surface area contributed by atoms with Crippen molar-refractivity contribution in [2.45, 2.75) is 38.2 Å². The number of ether oxygens (including phenoxy) is 4. The number of aromatic nitrogens is 2. The number of halogens is 3. The monoisotopic (exact) mass is 503 g/mol. The van der Waals surface area contributed by atoms with Crippen LogP contribution in [0.4, 0.5) is 19.0 Å². The Morgan fingerprint density at radius 2 is 1.61 bits per heavy atom. The number of hydrogen-bond acceptors (Lipinski definition) is 7. The Morgan fingerprint density at radius 1 is 0.972 bits per heavy atom. The topological polar surface area (TPSA) is 74.7 Å². The molecular formula is C26H28F3N3O4. The molecule has 5 rings (SSSR count). The Labute approximate surface area is 206 Å². The van der Waals surface area contributed by atoms with Gasteiger partial charge in [0.05, 0.1) is 43.9 Å². The first-order valence-electron chi connectivity index (χ1n) is 12.0. The van der Waals surface area contributed by atoms with Crippen LogP contribution in [0.1, 0.15) is 42.3 Å². The zero-order valence-corrected chi connectivity index (χ0v) is 20.2. The molecule has 2 aliphatic rings. The van der Waals surface area contributed by atoms with Gasteiger partial charge in [-0.1, -0.05) is 18.2 Å². The highest BCUT2D eigenvalue weighted by Gasteiger charge is 2.58. The van der Waals surface area contributed by atoms with E-state index in [1.54, 1.807) is 38.1 Å². The number of fused-ring (bicyclic) bond motifs is 2. The predicted molar refractivity (Wildman–Crippen MR) is 128 cm³/mol. The van der Waals surface area contributed by atoms with Crippen molar-refractivity contribution in [3.8, 4) is 11.5 Å². The molecule has 1 N–H and O–H groups in total. The molecule has 0 amide bonds. The molecule has 2 heterocycles. The highest BCUT2D eigenvalue weighted by Crippen LogP contribution is 2.56. The van der Waals surface area contributed by atoms with E-state index < -0.39 is 23.7 Å². The lowest BCUT2D eigenvalue weighted by molar-refractivity contribution is 0.0224. The number of nitrogens with one attached hydrogen (secondary N) is 1. The summed E-state index contributed by atoms with van der Waals surface area (Å²) in [6.45, 7) is 5.94. The molecule has 1 aromatic heterocycles. The first-order chi connectivity index (χ1) is 17.3. The third kappa shape index (κ3) is 5.19. The lowest BCUT2D eigenvalue weighted by Crippen LogP contribution is -2.16. The molecule has 0 radical (unpaired) electrons. The van der Waals surface area contributed by atoms with Gasteiger partial charge < -0.3 is 24.3 Å². The van der Waals surface area contributed by atoms with Crippen LogP contribution in [0.2, 0.25) is 0 Å². The zero-order chi connectivity index (χ0) is 25.3. The Morgan fingerprint density at radius 3 is 2.28 bits per heavy atom. The number of rotatable bonds is 4. The van der Waals surface area contributed by atoms with Gasteiger partial charge in [-0.05, 0) is 25.5 Å². The van der Waals surface area contributed by atoms with Crippen molar-refractivity contribution in [3.63, 3.8) is 0 Å². The van der Waals surface area contributed by atoms with Crippen LogP contribution in [0.15, 0.2) is 30.3 Å². The van der Waals surface area contributed by atoms with E-state index in [2.05, 4.69) is 15.3 Å². The van der Waals surface area contributed by atoms with E-state index in [0.29, 0.717) is 79.2 Å². The number of nitrogens with zero attached hydrogens (tertiary/aromatic N) is 2. The molecule has 3 aromatic rings. The standard InChI is InChI=1S/C26H28F3N3O4/c1-15(17-4-3-5-18(24(17)27)20-14-26(20,28)29)30-25-19-12-22-23(13-21(19)31-16(2)32-25)36-11-9-34-7-6-33-8-10-35-22/h3-5,12-13,15,20H,6-11,14H2,1-2H3,(H,30,31,32). The third-order valence-corrected chi connectivity index (χ3v) is 6.30. The van der Waals surface area contributed by atoms with Gasteiger partial charge >= 0.3 is 0 Å². The number of anilines is 1. The Kier molecular flexibility index (Phi) is 6.90. The molecule has 10 heteroatoms. The summed E-state index contributed by atoms with van der Waals surface area (Å²) in [5.41, 5.74) is 0.963. The normalized spacial score (nSPS) is 20.8. The van der Waals surface area contributed by atoms with Crippen LogP contribution in [-0.2, 0) is 9.47 Å². The number of benzene rings is 2. The fraction of sp³-hybridized carbons (Fsp3) is 0.462. The second kappa shape index (κ2) is 10.1. The first kappa shape index (κ1) is 24.6. The van der Waals surface area contributed by atoms with Gasteiger partial charge in [0, 0.05) is 23.4 Å². The molecule has 1 fully saturated rings. The van der Waals surface area contributed by atoms with Crippen molar-refractivity contribution in [1.82, 2.24) is 9.97 Å². The number of aryl methyl sites for hydroxylation is 1. The Balaban J connectivity index is 1.46. The number of alkyl halides is 2. The summed E-state index contributed by atoms with van der Waals surface area (Å²) in [5.74, 6) is -2.52. The minimum atomic E-state index is -2.85. The maximum atomic E-state index is 15.2. The predicted octanol–water partition coefficient (Wildman–Crippen LogP) is 5.18. The van der Waals surface area contributed by atoms with Crippen LogP contribution in [0.25, 0.3) is 10.9 Å². The minimum absolute atomic E-state index is 0.0479. The van der Waals surface area contributed by atoms with E-state index in [0.717, 1.165) is 0 Å². The molecule has 0 saturated heterocycles. The van der Waals surface area contributed by atoms with Gasteiger partial charge in [0.1, 0.15) is 30.7 Å². The Bertz CT molecular complexity index is 1260. The number of hydrogen-bond donors (Lipinski definition) is 1. The van der Waals surface area contributed by atoms with Crippen molar-refractivity contribution < 1.29 is 32.1 Å². The van der Waals surface area contributed by atoms with Gasteiger partial charge in [-0.25, -0.2) is 23.1 Å². The molecule has 2 unspecified atom stereocenters. The van der Waals surface area contributed by atoms with E-state index in [9.17, 15) is 8.78 Å².